The molecule has 0 aromatic carbocycles. The van der Waals surface area contributed by atoms with E-state index < -0.39 is 0 Å². The molecule has 0 atom stereocenters. The molecule has 0 saturated carbocycles. The molecule has 0 aliphatic heterocycles. The van der Waals surface area contributed by atoms with Crippen molar-refractivity contribution in [3.8, 4) is 0 Å². The summed E-state index contributed by atoms with van der Waals surface area (Å²) in [6, 6.07) is 1.92. The highest BCUT2D eigenvalue weighted by Crippen LogP contribution is 2.17. The van der Waals surface area contributed by atoms with Gasteiger partial charge in [0.15, 0.2) is 0 Å². The van der Waals surface area contributed by atoms with Crippen LogP contribution in [0.2, 0.25) is 0 Å². The van der Waals surface area contributed by atoms with Gasteiger partial charge in [-0.15, -0.1) is 0 Å². The van der Waals surface area contributed by atoms with Crippen LogP contribution in [0.25, 0.3) is 0 Å². The molecule has 0 saturated heterocycles. The van der Waals surface area contributed by atoms with E-state index >= 15 is 0 Å². The second kappa shape index (κ2) is 8.53. The number of carbonyl (C=O) groups is 1. The summed E-state index contributed by atoms with van der Waals surface area (Å²) in [5, 5.41) is 3.29. The van der Waals surface area contributed by atoms with Crippen LogP contribution in [0.5, 0.6) is 0 Å². The molecule has 20 heavy (non-hydrogen) atoms. The number of aromatic nitrogens is 1. The fraction of sp³-hybridized carbons (Fsp3) is 0.600. The maximum absolute atomic E-state index is 12.4. The van der Waals surface area contributed by atoms with Crippen molar-refractivity contribution in [1.29, 1.82) is 0 Å². The quantitative estimate of drug-likeness (QED) is 0.742. The van der Waals surface area contributed by atoms with Crippen molar-refractivity contribution in [2.45, 2.75) is 26.7 Å². The number of aryl methyl sites for hydroxylation is 1. The number of hydrogen-bond acceptors (Lipinski definition) is 4. The number of ether oxygens (including phenoxy) is 1. The summed E-state index contributed by atoms with van der Waals surface area (Å²) in [5.41, 5.74) is 2.40. The molecule has 0 aliphatic carbocycles. The van der Waals surface area contributed by atoms with Gasteiger partial charge in [-0.3, -0.25) is 9.78 Å². The van der Waals surface area contributed by atoms with E-state index in [0.717, 1.165) is 30.8 Å². The van der Waals surface area contributed by atoms with Gasteiger partial charge in [0.05, 0.1) is 11.3 Å². The molecule has 5 nitrogen and oxygen atoms in total. The van der Waals surface area contributed by atoms with Crippen molar-refractivity contribution >= 4 is 11.6 Å². The summed E-state index contributed by atoms with van der Waals surface area (Å²) in [4.78, 5) is 18.4. The molecule has 0 spiro atoms. The molecule has 0 radical (unpaired) electrons. The predicted molar refractivity (Wildman–Crippen MR) is 81.2 cm³/mol. The first-order chi connectivity index (χ1) is 9.60. The van der Waals surface area contributed by atoms with E-state index in [9.17, 15) is 4.79 Å². The molecule has 0 bridgehead atoms. The van der Waals surface area contributed by atoms with Gasteiger partial charge in [0.2, 0.25) is 0 Å². The Morgan fingerprint density at radius 3 is 2.90 bits per heavy atom. The van der Waals surface area contributed by atoms with Gasteiger partial charge in [0.1, 0.15) is 0 Å². The highest BCUT2D eigenvalue weighted by atomic mass is 16.5. The standard InChI is InChI=1S/C15H25N3O2/c1-5-7-16-14-10-12(2)17-11-13(14)15(19)18(3)8-6-9-20-4/h10-11H,5-9H2,1-4H3,(H,16,17). The third-order valence-corrected chi connectivity index (χ3v) is 3.03. The molecule has 0 fully saturated rings. The molecule has 1 aromatic heterocycles. The minimum Gasteiger partial charge on any atom is -0.385 e. The summed E-state index contributed by atoms with van der Waals surface area (Å²) in [6.45, 7) is 6.20. The fourth-order valence-electron chi connectivity index (χ4n) is 1.89. The Hall–Kier alpha value is -1.62. The highest BCUT2D eigenvalue weighted by Gasteiger charge is 2.16. The van der Waals surface area contributed by atoms with Crippen LogP contribution in [0.4, 0.5) is 5.69 Å². The number of anilines is 1. The van der Waals surface area contributed by atoms with Gasteiger partial charge in [0.25, 0.3) is 5.91 Å². The van der Waals surface area contributed by atoms with Gasteiger partial charge in [0, 0.05) is 45.7 Å². The summed E-state index contributed by atoms with van der Waals surface area (Å²) in [7, 11) is 3.47. The van der Waals surface area contributed by atoms with Gasteiger partial charge in [-0.05, 0) is 25.8 Å². The lowest BCUT2D eigenvalue weighted by Gasteiger charge is -2.19. The zero-order valence-corrected chi connectivity index (χ0v) is 12.9. The van der Waals surface area contributed by atoms with E-state index in [4.69, 9.17) is 4.74 Å². The van der Waals surface area contributed by atoms with Crippen LogP contribution in [-0.2, 0) is 4.74 Å². The lowest BCUT2D eigenvalue weighted by molar-refractivity contribution is 0.0780. The third-order valence-electron chi connectivity index (χ3n) is 3.03. The zero-order valence-electron chi connectivity index (χ0n) is 12.9. The largest absolute Gasteiger partial charge is 0.385 e. The molecule has 1 N–H and O–H groups in total. The van der Waals surface area contributed by atoms with Crippen molar-refractivity contribution in [2.75, 3.05) is 39.2 Å². The first-order valence-corrected chi connectivity index (χ1v) is 7.05. The van der Waals surface area contributed by atoms with Crippen molar-refractivity contribution in [1.82, 2.24) is 9.88 Å². The fourth-order valence-corrected chi connectivity index (χ4v) is 1.89. The minimum atomic E-state index is -0.00722. The molecule has 1 aromatic rings. The van der Waals surface area contributed by atoms with E-state index in [2.05, 4.69) is 17.2 Å². The van der Waals surface area contributed by atoms with Gasteiger partial charge < -0.3 is 15.0 Å². The smallest absolute Gasteiger partial charge is 0.257 e. The highest BCUT2D eigenvalue weighted by molar-refractivity contribution is 5.99. The first-order valence-electron chi connectivity index (χ1n) is 7.05. The Kier molecular flexibility index (Phi) is 7.01. The Morgan fingerprint density at radius 1 is 1.50 bits per heavy atom. The molecular weight excluding hydrogens is 254 g/mol. The molecule has 0 unspecified atom stereocenters. The average molecular weight is 279 g/mol. The summed E-state index contributed by atoms with van der Waals surface area (Å²) >= 11 is 0. The van der Waals surface area contributed by atoms with Crippen molar-refractivity contribution in [3.05, 3.63) is 23.5 Å². The SMILES string of the molecule is CCCNc1cc(C)ncc1C(=O)N(C)CCCOC. The lowest BCUT2D eigenvalue weighted by Crippen LogP contribution is -2.29. The predicted octanol–water partition coefficient (Wildman–Crippen LogP) is 2.32. The van der Waals surface area contributed by atoms with Crippen LogP contribution >= 0.6 is 0 Å². The second-order valence-electron chi connectivity index (χ2n) is 4.87. The van der Waals surface area contributed by atoms with Crippen LogP contribution in [0.15, 0.2) is 12.3 Å². The summed E-state index contributed by atoms with van der Waals surface area (Å²) in [6.07, 6.45) is 3.50. The monoisotopic (exact) mass is 279 g/mol. The van der Waals surface area contributed by atoms with Gasteiger partial charge in [-0.2, -0.15) is 0 Å². The van der Waals surface area contributed by atoms with Crippen LogP contribution in [0, 0.1) is 6.92 Å². The summed E-state index contributed by atoms with van der Waals surface area (Å²) < 4.78 is 5.01. The normalized spacial score (nSPS) is 10.4. The summed E-state index contributed by atoms with van der Waals surface area (Å²) in [5.74, 6) is -0.00722. The maximum Gasteiger partial charge on any atom is 0.257 e. The molecule has 0 aliphatic rings. The van der Waals surface area contributed by atoms with Crippen molar-refractivity contribution in [2.24, 2.45) is 0 Å². The number of nitrogens with zero attached hydrogens (tertiary/aromatic N) is 2. The Labute approximate surface area is 121 Å². The van der Waals surface area contributed by atoms with Crippen LogP contribution < -0.4 is 5.32 Å². The molecule has 1 rings (SSSR count). The number of nitrogens with one attached hydrogen (secondary N) is 1. The Bertz CT molecular complexity index is 435. The van der Waals surface area contributed by atoms with Crippen LogP contribution in [-0.4, -0.2) is 49.6 Å². The molecule has 1 heterocycles. The van der Waals surface area contributed by atoms with E-state index in [1.54, 1.807) is 25.3 Å². The van der Waals surface area contributed by atoms with Crippen LogP contribution in [0.1, 0.15) is 35.8 Å². The van der Waals surface area contributed by atoms with E-state index in [-0.39, 0.29) is 5.91 Å². The lowest BCUT2D eigenvalue weighted by atomic mass is 10.1. The van der Waals surface area contributed by atoms with Gasteiger partial charge >= 0.3 is 0 Å². The third kappa shape index (κ3) is 4.81. The van der Waals surface area contributed by atoms with Crippen molar-refractivity contribution < 1.29 is 9.53 Å². The van der Waals surface area contributed by atoms with Gasteiger partial charge in [-0.1, -0.05) is 6.92 Å². The minimum absolute atomic E-state index is 0.00722. The first kappa shape index (κ1) is 16.4. The van der Waals surface area contributed by atoms with Crippen LogP contribution in [0.3, 0.4) is 0 Å². The molecule has 5 heteroatoms. The number of hydrogen-bond donors (Lipinski definition) is 1. The molecular formula is C15H25N3O2. The van der Waals surface area contributed by atoms with E-state index in [0.29, 0.717) is 18.7 Å². The second-order valence-corrected chi connectivity index (χ2v) is 4.87. The van der Waals surface area contributed by atoms with Gasteiger partial charge in [-0.25, -0.2) is 0 Å². The number of carbonyl (C=O) groups excluding carboxylic acids is 1. The maximum atomic E-state index is 12.4. The Balaban J connectivity index is 2.79. The zero-order chi connectivity index (χ0) is 15.0. The van der Waals surface area contributed by atoms with E-state index in [1.807, 2.05) is 13.0 Å². The topological polar surface area (TPSA) is 54.5 Å². The van der Waals surface area contributed by atoms with Crippen molar-refractivity contribution in [3.63, 3.8) is 0 Å². The van der Waals surface area contributed by atoms with E-state index in [1.165, 1.54) is 0 Å². The molecule has 112 valence electrons. The number of pyridine rings is 1. The number of rotatable bonds is 8. The average Bonchev–Trinajstić information content (AvgIpc) is 2.44. The Morgan fingerprint density at radius 2 is 2.25 bits per heavy atom. The number of amides is 1. The molecule has 1 amide bonds. The number of methoxy groups -OCH3 is 1.